The molecule has 2 bridgehead atoms. The van der Waals surface area contributed by atoms with Crippen molar-refractivity contribution in [2.45, 2.75) is 45.3 Å². The van der Waals surface area contributed by atoms with Crippen molar-refractivity contribution in [3.63, 3.8) is 0 Å². The van der Waals surface area contributed by atoms with Gasteiger partial charge in [-0.2, -0.15) is 0 Å². The summed E-state index contributed by atoms with van der Waals surface area (Å²) in [5.74, 6) is 0.576. The molecule has 0 radical (unpaired) electrons. The van der Waals surface area contributed by atoms with E-state index in [9.17, 15) is 9.59 Å². The molecule has 3 saturated heterocycles. The quantitative estimate of drug-likeness (QED) is 0.809. The van der Waals surface area contributed by atoms with Gasteiger partial charge in [-0.25, -0.2) is 9.78 Å². The van der Waals surface area contributed by atoms with Gasteiger partial charge in [0.2, 0.25) is 5.88 Å². The van der Waals surface area contributed by atoms with Gasteiger partial charge in [0.05, 0.1) is 7.11 Å². The molecule has 0 N–H and O–H groups in total. The van der Waals surface area contributed by atoms with Gasteiger partial charge in [0.15, 0.2) is 0 Å². The van der Waals surface area contributed by atoms with Crippen LogP contribution in [-0.4, -0.2) is 65.2 Å². The summed E-state index contributed by atoms with van der Waals surface area (Å²) in [7, 11) is 1.53. The van der Waals surface area contributed by atoms with Gasteiger partial charge in [-0.3, -0.25) is 4.79 Å². The molecule has 2 amide bonds. The molecule has 7 nitrogen and oxygen atoms in total. The first kappa shape index (κ1) is 18.5. The molecule has 3 aliphatic heterocycles. The van der Waals surface area contributed by atoms with Gasteiger partial charge >= 0.3 is 6.09 Å². The second-order valence-corrected chi connectivity index (χ2v) is 8.01. The molecule has 3 aliphatic rings. The lowest BCUT2D eigenvalue weighted by atomic mass is 9.94. The molecule has 4 rings (SSSR count). The predicted molar refractivity (Wildman–Crippen MR) is 96.1 cm³/mol. The lowest BCUT2D eigenvalue weighted by Gasteiger charge is -2.35. The second kappa shape index (κ2) is 7.13. The van der Waals surface area contributed by atoms with Crippen molar-refractivity contribution < 1.29 is 19.1 Å². The molecule has 1 aromatic rings. The third-order valence-corrected chi connectivity index (χ3v) is 4.78. The fraction of sp³-hybridized carbons (Fsp3) is 0.632. The average Bonchev–Trinajstić information content (AvgIpc) is 2.92. The maximum Gasteiger partial charge on any atom is 0.410 e. The third kappa shape index (κ3) is 4.08. The Balaban J connectivity index is 1.75. The first-order valence-corrected chi connectivity index (χ1v) is 9.07. The molecule has 2 unspecified atom stereocenters. The van der Waals surface area contributed by atoms with Gasteiger partial charge in [0.25, 0.3) is 5.91 Å². The van der Waals surface area contributed by atoms with Crippen molar-refractivity contribution in [1.29, 1.82) is 0 Å². The Bertz CT molecular complexity index is 686. The highest BCUT2D eigenvalue weighted by molar-refractivity contribution is 5.92. The Hall–Kier alpha value is -2.31. The van der Waals surface area contributed by atoms with E-state index in [0.29, 0.717) is 31.2 Å². The fourth-order valence-corrected chi connectivity index (χ4v) is 3.60. The van der Waals surface area contributed by atoms with Crippen molar-refractivity contribution in [1.82, 2.24) is 14.8 Å². The lowest BCUT2D eigenvalue weighted by Crippen LogP contribution is -2.48. The number of hydrogen-bond acceptors (Lipinski definition) is 5. The van der Waals surface area contributed by atoms with Gasteiger partial charge < -0.3 is 19.3 Å². The molecular formula is C19H27N3O4. The number of pyridine rings is 1. The normalized spacial score (nSPS) is 22.8. The van der Waals surface area contributed by atoms with Crippen LogP contribution >= 0.6 is 0 Å². The topological polar surface area (TPSA) is 72.0 Å². The van der Waals surface area contributed by atoms with E-state index in [2.05, 4.69) is 4.98 Å². The van der Waals surface area contributed by atoms with Gasteiger partial charge in [0.1, 0.15) is 11.3 Å². The summed E-state index contributed by atoms with van der Waals surface area (Å²) in [5.41, 5.74) is -0.150. The number of ether oxygens (including phenoxy) is 2. The Morgan fingerprint density at radius 3 is 2.62 bits per heavy atom. The maximum absolute atomic E-state index is 13.0. The number of nitrogens with zero attached hydrogens (tertiary/aromatic N) is 3. The van der Waals surface area contributed by atoms with E-state index in [1.165, 1.54) is 7.11 Å². The number of rotatable bonds is 2. The second-order valence-electron chi connectivity index (χ2n) is 8.01. The van der Waals surface area contributed by atoms with E-state index in [1.807, 2.05) is 25.7 Å². The molecule has 1 aromatic heterocycles. The van der Waals surface area contributed by atoms with E-state index in [4.69, 9.17) is 9.47 Å². The van der Waals surface area contributed by atoms with E-state index >= 15 is 0 Å². The van der Waals surface area contributed by atoms with E-state index in [0.717, 1.165) is 12.8 Å². The zero-order valence-electron chi connectivity index (χ0n) is 15.9. The molecule has 2 atom stereocenters. The van der Waals surface area contributed by atoms with Gasteiger partial charge in [-0.15, -0.1) is 0 Å². The van der Waals surface area contributed by atoms with Crippen molar-refractivity contribution >= 4 is 12.0 Å². The highest BCUT2D eigenvalue weighted by Crippen LogP contribution is 2.30. The van der Waals surface area contributed by atoms with Crippen LogP contribution in [0.25, 0.3) is 0 Å². The number of piperidine rings is 1. The summed E-state index contributed by atoms with van der Waals surface area (Å²) in [4.78, 5) is 33.4. The first-order chi connectivity index (χ1) is 12.3. The molecule has 0 aliphatic carbocycles. The number of carbonyl (C=O) groups excluding carboxylic acids is 2. The maximum atomic E-state index is 13.0. The van der Waals surface area contributed by atoms with Gasteiger partial charge in [0, 0.05) is 31.7 Å². The van der Waals surface area contributed by atoms with Gasteiger partial charge in [-0.05, 0) is 45.6 Å². The first-order valence-electron chi connectivity index (χ1n) is 9.07. The molecule has 0 aromatic carbocycles. The smallest absolute Gasteiger partial charge is 0.410 e. The van der Waals surface area contributed by atoms with Crippen LogP contribution in [0.3, 0.4) is 0 Å². The molecule has 142 valence electrons. The summed E-state index contributed by atoms with van der Waals surface area (Å²) in [6.07, 6.45) is 1.60. The van der Waals surface area contributed by atoms with Crippen molar-refractivity contribution in [3.05, 3.63) is 23.9 Å². The predicted octanol–water partition coefficient (Wildman–Crippen LogP) is 2.56. The minimum Gasteiger partial charge on any atom is -0.481 e. The molecule has 4 heterocycles. The summed E-state index contributed by atoms with van der Waals surface area (Å²) in [6, 6.07) is 5.18. The third-order valence-electron chi connectivity index (χ3n) is 4.78. The van der Waals surface area contributed by atoms with Crippen molar-refractivity contribution in [3.8, 4) is 5.88 Å². The minimum absolute atomic E-state index is 0.0123. The summed E-state index contributed by atoms with van der Waals surface area (Å²) < 4.78 is 10.6. The van der Waals surface area contributed by atoms with Crippen molar-refractivity contribution in [2.75, 3.05) is 26.7 Å². The minimum atomic E-state index is -0.525. The average molecular weight is 361 g/mol. The molecule has 7 heteroatoms. The Morgan fingerprint density at radius 2 is 1.92 bits per heavy atom. The van der Waals surface area contributed by atoms with Crippen LogP contribution in [-0.2, 0) is 4.74 Å². The van der Waals surface area contributed by atoms with Gasteiger partial charge in [-0.1, -0.05) is 6.07 Å². The molecular weight excluding hydrogens is 334 g/mol. The number of hydrogen-bond donors (Lipinski definition) is 0. The lowest BCUT2D eigenvalue weighted by molar-refractivity contribution is 0.0231. The molecule has 0 saturated carbocycles. The van der Waals surface area contributed by atoms with E-state index in [-0.39, 0.29) is 24.0 Å². The van der Waals surface area contributed by atoms with Crippen LogP contribution in [0, 0.1) is 5.92 Å². The van der Waals surface area contributed by atoms with E-state index < -0.39 is 5.60 Å². The van der Waals surface area contributed by atoms with Crippen LogP contribution in [0.2, 0.25) is 0 Å². The Labute approximate surface area is 154 Å². The van der Waals surface area contributed by atoms with Crippen LogP contribution in [0.1, 0.15) is 44.1 Å². The zero-order chi connectivity index (χ0) is 18.9. The number of amides is 2. The van der Waals surface area contributed by atoms with Crippen LogP contribution in [0.15, 0.2) is 18.2 Å². The SMILES string of the molecule is COc1cccc(C(=O)N2CC3CCC2CN(C(=O)OC(C)(C)C)C3)n1. The van der Waals surface area contributed by atoms with Crippen molar-refractivity contribution in [2.24, 2.45) is 5.92 Å². The Kier molecular flexibility index (Phi) is 5.07. The number of methoxy groups -OCH3 is 1. The molecule has 26 heavy (non-hydrogen) atoms. The highest BCUT2D eigenvalue weighted by Gasteiger charge is 2.40. The summed E-state index contributed by atoms with van der Waals surface area (Å²) >= 11 is 0. The highest BCUT2D eigenvalue weighted by atomic mass is 16.6. The largest absolute Gasteiger partial charge is 0.481 e. The fourth-order valence-electron chi connectivity index (χ4n) is 3.60. The molecule has 0 spiro atoms. The standard InChI is InChI=1S/C19H27N3O4/c1-19(2,3)26-18(24)21-10-13-8-9-14(12-21)22(11-13)17(23)15-6-5-7-16(20-15)25-4/h5-7,13-14H,8-12H2,1-4H3. The van der Waals surface area contributed by atoms with Crippen LogP contribution in [0.4, 0.5) is 4.79 Å². The number of aromatic nitrogens is 1. The van der Waals surface area contributed by atoms with Crippen LogP contribution in [0.5, 0.6) is 5.88 Å². The number of fused-ring (bicyclic) bond motifs is 4. The summed E-state index contributed by atoms with van der Waals surface area (Å²) in [6.45, 7) is 7.36. The number of carbonyl (C=O) groups is 2. The monoisotopic (exact) mass is 361 g/mol. The molecule has 3 fully saturated rings. The summed E-state index contributed by atoms with van der Waals surface area (Å²) in [5, 5.41) is 0. The zero-order valence-corrected chi connectivity index (χ0v) is 15.9. The van der Waals surface area contributed by atoms with E-state index in [1.54, 1.807) is 23.1 Å². The van der Waals surface area contributed by atoms with Crippen LogP contribution < -0.4 is 4.74 Å². The Morgan fingerprint density at radius 1 is 1.15 bits per heavy atom.